The van der Waals surface area contributed by atoms with Crippen molar-refractivity contribution in [3.05, 3.63) is 58.8 Å². The number of aromatic carboxylic acids is 1. The highest BCUT2D eigenvalue weighted by molar-refractivity contribution is 9.10. The molecule has 0 aliphatic heterocycles. The van der Waals surface area contributed by atoms with Crippen molar-refractivity contribution in [1.29, 1.82) is 0 Å². The van der Waals surface area contributed by atoms with E-state index in [-0.39, 0.29) is 5.69 Å². The molecular weight excluding hydrogens is 320 g/mol. The molecule has 1 N–H and O–H groups in total. The Kier molecular flexibility index (Phi) is 3.20. The first-order valence-electron chi connectivity index (χ1n) is 5.90. The minimum Gasteiger partial charge on any atom is -0.476 e. The van der Waals surface area contributed by atoms with Gasteiger partial charge in [0.2, 0.25) is 0 Å². The van der Waals surface area contributed by atoms with E-state index in [9.17, 15) is 4.79 Å². The van der Waals surface area contributed by atoms with E-state index in [1.165, 1.54) is 6.20 Å². The van der Waals surface area contributed by atoms with Gasteiger partial charge in [0.15, 0.2) is 11.5 Å². The Bertz CT molecular complexity index is 818. The molecule has 20 heavy (non-hydrogen) atoms. The molecular formula is C15H9BrN2O2. The van der Waals surface area contributed by atoms with Crippen molar-refractivity contribution in [2.24, 2.45) is 0 Å². The number of hydrogen-bond acceptors (Lipinski definition) is 3. The summed E-state index contributed by atoms with van der Waals surface area (Å²) in [7, 11) is 0. The number of fused-ring (bicyclic) bond motifs is 1. The van der Waals surface area contributed by atoms with Gasteiger partial charge >= 0.3 is 5.97 Å². The van der Waals surface area contributed by atoms with Gasteiger partial charge in [0, 0.05) is 11.8 Å². The predicted molar refractivity (Wildman–Crippen MR) is 79.6 cm³/mol. The summed E-state index contributed by atoms with van der Waals surface area (Å²) in [6.07, 6.45) is 1.46. The molecule has 4 nitrogen and oxygen atoms in total. The summed E-state index contributed by atoms with van der Waals surface area (Å²) in [4.78, 5) is 19.4. The molecule has 2 aromatic carbocycles. The molecule has 5 heteroatoms. The largest absolute Gasteiger partial charge is 0.476 e. The summed E-state index contributed by atoms with van der Waals surface area (Å²) in [5, 5.41) is 11.3. The first kappa shape index (κ1) is 12.7. The van der Waals surface area contributed by atoms with E-state index in [4.69, 9.17) is 5.11 Å². The lowest BCUT2D eigenvalue weighted by molar-refractivity contribution is 0.0689. The van der Waals surface area contributed by atoms with Gasteiger partial charge in [-0.05, 0) is 32.8 Å². The smallest absolute Gasteiger partial charge is 0.355 e. The van der Waals surface area contributed by atoms with Crippen LogP contribution in [-0.4, -0.2) is 21.0 Å². The Morgan fingerprint density at radius 3 is 2.60 bits per heavy atom. The van der Waals surface area contributed by atoms with Gasteiger partial charge in [-0.3, -0.25) is 0 Å². The van der Waals surface area contributed by atoms with Gasteiger partial charge in [-0.2, -0.15) is 0 Å². The van der Waals surface area contributed by atoms with E-state index in [0.29, 0.717) is 10.3 Å². The van der Waals surface area contributed by atoms with Crippen molar-refractivity contribution in [3.63, 3.8) is 0 Å². The standard InChI is InChI=1S/C15H9BrN2O2/c16-12-8-17-14(18-13(12)15(19)20)11-6-5-9-3-1-2-4-10(9)7-11/h1-8H,(H,19,20). The number of benzene rings is 2. The van der Waals surface area contributed by atoms with Crippen LogP contribution in [0, 0.1) is 0 Å². The van der Waals surface area contributed by atoms with Crippen LogP contribution in [0.25, 0.3) is 22.2 Å². The molecule has 0 fully saturated rings. The molecule has 0 amide bonds. The monoisotopic (exact) mass is 328 g/mol. The number of rotatable bonds is 2. The number of carboxylic acid groups (broad SMARTS) is 1. The van der Waals surface area contributed by atoms with Crippen molar-refractivity contribution in [2.75, 3.05) is 0 Å². The van der Waals surface area contributed by atoms with Gasteiger partial charge < -0.3 is 5.11 Å². The summed E-state index contributed by atoms with van der Waals surface area (Å²) in [5.74, 6) is -0.683. The molecule has 3 rings (SSSR count). The van der Waals surface area contributed by atoms with Crippen LogP contribution in [0.15, 0.2) is 53.1 Å². The first-order valence-corrected chi connectivity index (χ1v) is 6.69. The van der Waals surface area contributed by atoms with Gasteiger partial charge in [0.1, 0.15) is 0 Å². The van der Waals surface area contributed by atoms with E-state index in [1.54, 1.807) is 0 Å². The predicted octanol–water partition coefficient (Wildman–Crippen LogP) is 3.76. The first-order chi connectivity index (χ1) is 9.65. The SMILES string of the molecule is O=C(O)c1nc(-c2ccc3ccccc3c2)ncc1Br. The normalized spacial score (nSPS) is 10.7. The third-order valence-corrected chi connectivity index (χ3v) is 3.53. The fraction of sp³-hybridized carbons (Fsp3) is 0. The Morgan fingerprint density at radius 1 is 1.10 bits per heavy atom. The lowest BCUT2D eigenvalue weighted by atomic mass is 10.1. The fourth-order valence-corrected chi connectivity index (χ4v) is 2.35. The lowest BCUT2D eigenvalue weighted by Crippen LogP contribution is -2.04. The molecule has 0 unspecified atom stereocenters. The molecule has 0 aliphatic rings. The maximum absolute atomic E-state index is 11.1. The Labute approximate surface area is 123 Å². The quantitative estimate of drug-likeness (QED) is 0.778. The summed E-state index contributed by atoms with van der Waals surface area (Å²) in [5.41, 5.74) is 0.752. The van der Waals surface area contributed by atoms with E-state index in [0.717, 1.165) is 16.3 Å². The van der Waals surface area contributed by atoms with Crippen LogP contribution in [-0.2, 0) is 0 Å². The van der Waals surface area contributed by atoms with Crippen molar-refractivity contribution in [3.8, 4) is 11.4 Å². The van der Waals surface area contributed by atoms with Crippen LogP contribution in [0.1, 0.15) is 10.5 Å². The van der Waals surface area contributed by atoms with Crippen LogP contribution in [0.2, 0.25) is 0 Å². The average Bonchev–Trinajstić information content (AvgIpc) is 2.47. The molecule has 0 bridgehead atoms. The Morgan fingerprint density at radius 2 is 1.85 bits per heavy atom. The third-order valence-electron chi connectivity index (χ3n) is 2.95. The van der Waals surface area contributed by atoms with Crippen LogP contribution in [0.4, 0.5) is 0 Å². The van der Waals surface area contributed by atoms with E-state index >= 15 is 0 Å². The summed E-state index contributed by atoms with van der Waals surface area (Å²) < 4.78 is 0.370. The van der Waals surface area contributed by atoms with Gasteiger partial charge in [-0.15, -0.1) is 0 Å². The molecule has 3 aromatic rings. The molecule has 0 aliphatic carbocycles. The van der Waals surface area contributed by atoms with Crippen molar-refractivity contribution in [1.82, 2.24) is 9.97 Å². The Balaban J connectivity index is 2.15. The van der Waals surface area contributed by atoms with Crippen molar-refractivity contribution >= 4 is 32.7 Å². The number of carboxylic acids is 1. The zero-order valence-electron chi connectivity index (χ0n) is 10.2. The molecule has 98 valence electrons. The highest BCUT2D eigenvalue weighted by Crippen LogP contribution is 2.23. The fourth-order valence-electron chi connectivity index (χ4n) is 1.98. The number of halogens is 1. The van der Waals surface area contributed by atoms with Crippen LogP contribution >= 0.6 is 15.9 Å². The second-order valence-electron chi connectivity index (χ2n) is 4.26. The Hall–Kier alpha value is -2.27. The highest BCUT2D eigenvalue weighted by Gasteiger charge is 2.13. The van der Waals surface area contributed by atoms with Crippen molar-refractivity contribution < 1.29 is 9.90 Å². The van der Waals surface area contributed by atoms with Crippen LogP contribution in [0.3, 0.4) is 0 Å². The minimum atomic E-state index is -1.08. The highest BCUT2D eigenvalue weighted by atomic mass is 79.9. The van der Waals surface area contributed by atoms with Gasteiger partial charge in [0.05, 0.1) is 4.47 Å². The number of carbonyl (C=O) groups is 1. The molecule has 0 radical (unpaired) electrons. The van der Waals surface area contributed by atoms with Gasteiger partial charge in [0.25, 0.3) is 0 Å². The maximum atomic E-state index is 11.1. The number of aromatic nitrogens is 2. The molecule has 0 atom stereocenters. The minimum absolute atomic E-state index is 0.0387. The second kappa shape index (κ2) is 5.02. The summed E-state index contributed by atoms with van der Waals surface area (Å²) in [6, 6.07) is 13.7. The number of hydrogen-bond donors (Lipinski definition) is 1. The molecule has 1 aromatic heterocycles. The van der Waals surface area contributed by atoms with Gasteiger partial charge in [-0.25, -0.2) is 14.8 Å². The zero-order chi connectivity index (χ0) is 14.1. The van der Waals surface area contributed by atoms with Crippen LogP contribution < -0.4 is 0 Å². The van der Waals surface area contributed by atoms with Crippen molar-refractivity contribution in [2.45, 2.75) is 0 Å². The summed E-state index contributed by atoms with van der Waals surface area (Å²) >= 11 is 3.14. The van der Waals surface area contributed by atoms with E-state index in [2.05, 4.69) is 25.9 Å². The average molecular weight is 329 g/mol. The lowest BCUT2D eigenvalue weighted by Gasteiger charge is -2.04. The maximum Gasteiger partial charge on any atom is 0.355 e. The van der Waals surface area contributed by atoms with E-state index in [1.807, 2.05) is 42.5 Å². The zero-order valence-corrected chi connectivity index (χ0v) is 11.8. The molecule has 0 saturated heterocycles. The van der Waals surface area contributed by atoms with Gasteiger partial charge in [-0.1, -0.05) is 36.4 Å². The van der Waals surface area contributed by atoms with E-state index < -0.39 is 5.97 Å². The summed E-state index contributed by atoms with van der Waals surface area (Å²) in [6.45, 7) is 0. The molecule has 0 spiro atoms. The molecule has 1 heterocycles. The molecule has 0 saturated carbocycles. The topological polar surface area (TPSA) is 63.1 Å². The third kappa shape index (κ3) is 2.28. The number of nitrogens with zero attached hydrogens (tertiary/aromatic N) is 2. The second-order valence-corrected chi connectivity index (χ2v) is 5.11. The van der Waals surface area contributed by atoms with Crippen LogP contribution in [0.5, 0.6) is 0 Å².